The Balaban J connectivity index is 4.20. The van der Waals surface area contributed by atoms with Crippen LogP contribution in [0.2, 0.25) is 0 Å². The van der Waals surface area contributed by atoms with Gasteiger partial charge in [0.2, 0.25) is 5.91 Å². The second-order valence-electron chi connectivity index (χ2n) is 18.5. The van der Waals surface area contributed by atoms with Crippen molar-refractivity contribution in [3.8, 4) is 0 Å². The minimum absolute atomic E-state index is 0.0751. The Hall–Kier alpha value is -0.760. The number of carbonyl (C=O) groups excluding carboxylic acids is 1. The monoisotopic (exact) mass is 844 g/mol. The normalized spacial score (nSPS) is 14.3. The van der Waals surface area contributed by atoms with Crippen LogP contribution in [0.15, 0.2) is 12.2 Å². The van der Waals surface area contributed by atoms with Gasteiger partial charge in [0.05, 0.1) is 39.9 Å². The summed E-state index contributed by atoms with van der Waals surface area (Å²) in [5.74, 6) is -0.151. The van der Waals surface area contributed by atoms with Gasteiger partial charge in [-0.05, 0) is 38.5 Å². The van der Waals surface area contributed by atoms with Gasteiger partial charge in [-0.2, -0.15) is 0 Å². The smallest absolute Gasteiger partial charge is 0.391 e. The van der Waals surface area contributed by atoms with Gasteiger partial charge < -0.3 is 19.8 Å². The molecular formula is C49H100N2O6P+. The van der Waals surface area contributed by atoms with E-state index in [-0.39, 0.29) is 19.1 Å². The van der Waals surface area contributed by atoms with Crippen LogP contribution in [0, 0.1) is 0 Å². The summed E-state index contributed by atoms with van der Waals surface area (Å²) in [6.07, 6.45) is 48.2. The maximum atomic E-state index is 12.9. The number of hydrogen-bond donors (Lipinski definition) is 3. The number of rotatable bonds is 46. The summed E-state index contributed by atoms with van der Waals surface area (Å²) in [6.45, 7) is 4.89. The zero-order valence-electron chi connectivity index (χ0n) is 39.3. The Labute approximate surface area is 361 Å². The van der Waals surface area contributed by atoms with E-state index < -0.39 is 20.0 Å². The van der Waals surface area contributed by atoms with E-state index in [1.165, 1.54) is 167 Å². The lowest BCUT2D eigenvalue weighted by Crippen LogP contribution is -2.46. The molecule has 346 valence electrons. The van der Waals surface area contributed by atoms with Crippen LogP contribution in [0.4, 0.5) is 0 Å². The minimum Gasteiger partial charge on any atom is -0.391 e. The second-order valence-corrected chi connectivity index (χ2v) is 20.0. The number of amides is 1. The van der Waals surface area contributed by atoms with Gasteiger partial charge in [0.25, 0.3) is 0 Å². The highest BCUT2D eigenvalue weighted by Gasteiger charge is 2.28. The van der Waals surface area contributed by atoms with Crippen molar-refractivity contribution in [3.63, 3.8) is 0 Å². The first-order chi connectivity index (χ1) is 28.0. The van der Waals surface area contributed by atoms with Crippen LogP contribution >= 0.6 is 7.82 Å². The molecule has 0 aliphatic heterocycles. The Bertz CT molecular complexity index is 958. The van der Waals surface area contributed by atoms with E-state index in [4.69, 9.17) is 9.05 Å². The first kappa shape index (κ1) is 57.2. The number of unbranched alkanes of at least 4 members (excludes halogenated alkanes) is 31. The van der Waals surface area contributed by atoms with E-state index in [0.29, 0.717) is 23.9 Å². The number of carbonyl (C=O) groups is 1. The minimum atomic E-state index is -4.31. The van der Waals surface area contributed by atoms with Crippen LogP contribution in [0.1, 0.15) is 245 Å². The fourth-order valence-electron chi connectivity index (χ4n) is 7.51. The van der Waals surface area contributed by atoms with E-state index in [0.717, 1.165) is 51.4 Å². The second kappa shape index (κ2) is 41.6. The number of phosphoric acid groups is 1. The summed E-state index contributed by atoms with van der Waals surface area (Å²) in [6, 6.07) is -0.761. The maximum Gasteiger partial charge on any atom is 0.472 e. The van der Waals surface area contributed by atoms with Gasteiger partial charge in [-0.3, -0.25) is 13.8 Å². The SMILES string of the molecule is CCCCCC/C=C\CCCCCCCC(=O)NC(COP(=O)(O)OCC[N+](C)(C)C)C(O)CCCCCCCCCCCCCCCCCCCCCCCCC. The average molecular weight is 844 g/mol. The zero-order valence-corrected chi connectivity index (χ0v) is 40.2. The van der Waals surface area contributed by atoms with Crippen LogP contribution < -0.4 is 5.32 Å². The van der Waals surface area contributed by atoms with E-state index in [1.807, 2.05) is 21.1 Å². The number of phosphoric ester groups is 1. The van der Waals surface area contributed by atoms with Crippen LogP contribution in [0.5, 0.6) is 0 Å². The Morgan fingerprint density at radius 2 is 0.931 bits per heavy atom. The number of nitrogens with one attached hydrogen (secondary N) is 1. The van der Waals surface area contributed by atoms with E-state index >= 15 is 0 Å². The molecule has 0 bridgehead atoms. The third kappa shape index (κ3) is 43.3. The average Bonchev–Trinajstić information content (AvgIpc) is 3.17. The molecular weight excluding hydrogens is 744 g/mol. The van der Waals surface area contributed by atoms with Crippen molar-refractivity contribution in [1.82, 2.24) is 5.32 Å². The molecule has 3 unspecified atom stereocenters. The van der Waals surface area contributed by atoms with Gasteiger partial charge in [-0.15, -0.1) is 0 Å². The number of quaternary nitrogens is 1. The Morgan fingerprint density at radius 1 is 0.569 bits per heavy atom. The predicted molar refractivity (Wildman–Crippen MR) is 249 cm³/mol. The van der Waals surface area contributed by atoms with Crippen molar-refractivity contribution < 1.29 is 32.9 Å². The lowest BCUT2D eigenvalue weighted by molar-refractivity contribution is -0.870. The van der Waals surface area contributed by atoms with Crippen LogP contribution in [0.25, 0.3) is 0 Å². The van der Waals surface area contributed by atoms with Gasteiger partial charge in [0.1, 0.15) is 13.2 Å². The van der Waals surface area contributed by atoms with Crippen LogP contribution in [-0.4, -0.2) is 73.4 Å². The summed E-state index contributed by atoms with van der Waals surface area (Å²) in [5, 5.41) is 14.0. The van der Waals surface area contributed by atoms with Gasteiger partial charge in [0, 0.05) is 6.42 Å². The molecule has 9 heteroatoms. The first-order valence-corrected chi connectivity index (χ1v) is 26.5. The Kier molecular flexibility index (Phi) is 41.0. The van der Waals surface area contributed by atoms with Crippen molar-refractivity contribution in [2.75, 3.05) is 40.9 Å². The fourth-order valence-corrected chi connectivity index (χ4v) is 8.25. The molecule has 8 nitrogen and oxygen atoms in total. The summed E-state index contributed by atoms with van der Waals surface area (Å²) in [4.78, 5) is 23.2. The molecule has 0 saturated heterocycles. The highest BCUT2D eigenvalue weighted by atomic mass is 31.2. The number of aliphatic hydroxyl groups excluding tert-OH is 1. The van der Waals surface area contributed by atoms with Crippen LogP contribution in [0.3, 0.4) is 0 Å². The third-order valence-corrected chi connectivity index (χ3v) is 12.5. The van der Waals surface area contributed by atoms with Crippen molar-refractivity contribution in [3.05, 3.63) is 12.2 Å². The molecule has 0 rings (SSSR count). The molecule has 3 atom stereocenters. The number of allylic oxidation sites excluding steroid dienone is 2. The van der Waals surface area contributed by atoms with Crippen molar-refractivity contribution in [2.45, 2.75) is 257 Å². The van der Waals surface area contributed by atoms with Crippen LogP contribution in [-0.2, 0) is 18.4 Å². The maximum absolute atomic E-state index is 12.9. The fraction of sp³-hybridized carbons (Fsp3) is 0.939. The molecule has 0 aromatic rings. The molecule has 0 aromatic heterocycles. The molecule has 0 saturated carbocycles. The summed E-state index contributed by atoms with van der Waals surface area (Å²) >= 11 is 0. The van der Waals surface area contributed by atoms with Gasteiger partial charge in [0.15, 0.2) is 0 Å². The number of nitrogens with zero attached hydrogens (tertiary/aromatic N) is 1. The lowest BCUT2D eigenvalue weighted by atomic mass is 10.0. The summed E-state index contributed by atoms with van der Waals surface area (Å²) in [5.41, 5.74) is 0. The number of aliphatic hydroxyl groups is 1. The first-order valence-electron chi connectivity index (χ1n) is 25.1. The molecule has 0 radical (unpaired) electrons. The zero-order chi connectivity index (χ0) is 42.8. The highest BCUT2D eigenvalue weighted by molar-refractivity contribution is 7.47. The predicted octanol–water partition coefficient (Wildman–Crippen LogP) is 14.3. The molecule has 0 aromatic carbocycles. The topological polar surface area (TPSA) is 105 Å². The molecule has 58 heavy (non-hydrogen) atoms. The Morgan fingerprint density at radius 3 is 1.34 bits per heavy atom. The molecule has 3 N–H and O–H groups in total. The third-order valence-electron chi connectivity index (χ3n) is 11.5. The summed E-state index contributed by atoms with van der Waals surface area (Å²) in [7, 11) is 1.62. The van der Waals surface area contributed by atoms with Crippen molar-refractivity contribution >= 4 is 13.7 Å². The van der Waals surface area contributed by atoms with Crippen molar-refractivity contribution in [1.29, 1.82) is 0 Å². The molecule has 0 aliphatic rings. The molecule has 1 amide bonds. The number of hydrogen-bond acceptors (Lipinski definition) is 5. The van der Waals surface area contributed by atoms with Gasteiger partial charge in [-0.25, -0.2) is 4.57 Å². The van der Waals surface area contributed by atoms with Crippen molar-refractivity contribution in [2.24, 2.45) is 0 Å². The standard InChI is InChI=1S/C49H99N2O6P/c1-6-8-10-12-14-16-18-20-21-22-23-24-25-26-27-28-29-31-32-34-36-38-40-42-48(52)47(46-57-58(54,55)56-45-44-51(3,4)5)50-49(53)43-41-39-37-35-33-30-19-17-15-13-11-9-7-2/h17,19,47-48,52H,6-16,18,20-46H2,1-5H3,(H-,50,53,54,55)/p+1/b19-17-. The van der Waals surface area contributed by atoms with Gasteiger partial charge in [-0.1, -0.05) is 212 Å². The van der Waals surface area contributed by atoms with E-state index in [2.05, 4.69) is 31.3 Å². The van der Waals surface area contributed by atoms with E-state index in [1.54, 1.807) is 0 Å². The molecule has 0 aliphatic carbocycles. The van der Waals surface area contributed by atoms with E-state index in [9.17, 15) is 19.4 Å². The quantitative estimate of drug-likeness (QED) is 0.0244. The largest absolute Gasteiger partial charge is 0.472 e. The summed E-state index contributed by atoms with van der Waals surface area (Å²) < 4.78 is 23.7. The highest BCUT2D eigenvalue weighted by Crippen LogP contribution is 2.43. The number of likely N-dealkylation sites (N-methyl/N-ethyl adjacent to an activating group) is 1. The lowest BCUT2D eigenvalue weighted by Gasteiger charge is -2.26. The molecule has 0 spiro atoms. The van der Waals surface area contributed by atoms with Gasteiger partial charge >= 0.3 is 7.82 Å². The molecule has 0 fully saturated rings. The molecule has 0 heterocycles.